The summed E-state index contributed by atoms with van der Waals surface area (Å²) in [6, 6.07) is 0.210. The molecule has 0 radical (unpaired) electrons. The van der Waals surface area contributed by atoms with Crippen molar-refractivity contribution in [1.29, 1.82) is 0 Å². The minimum absolute atomic E-state index is 0.210. The van der Waals surface area contributed by atoms with Crippen LogP contribution in [0.4, 0.5) is 30.7 Å². The fourth-order valence-electron chi connectivity index (χ4n) is 3.74. The molecule has 0 nitrogen and oxygen atoms in total. The van der Waals surface area contributed by atoms with Gasteiger partial charge < -0.3 is 0 Å². The molecule has 1 aromatic carbocycles. The fraction of sp³-hybridized carbons (Fsp3) is 0.263. The molecule has 2 unspecified atom stereocenters. The molecular weight excluding hydrogens is 388 g/mol. The van der Waals surface area contributed by atoms with Crippen molar-refractivity contribution in [3.8, 4) is 0 Å². The van der Waals surface area contributed by atoms with Crippen LogP contribution in [0.3, 0.4) is 0 Å². The quantitative estimate of drug-likeness (QED) is 0.369. The van der Waals surface area contributed by atoms with Crippen LogP contribution in [0.5, 0.6) is 0 Å². The third-order valence-corrected chi connectivity index (χ3v) is 8.88. The zero-order chi connectivity index (χ0) is 20.0. The first-order valence-electron chi connectivity index (χ1n) is 8.17. The van der Waals surface area contributed by atoms with Gasteiger partial charge in [-0.2, -0.15) is 0 Å². The topological polar surface area (TPSA) is 0 Å². The van der Waals surface area contributed by atoms with Crippen molar-refractivity contribution in [2.75, 3.05) is 0 Å². The molecule has 27 heavy (non-hydrogen) atoms. The number of rotatable bonds is 3. The molecule has 142 valence electrons. The van der Waals surface area contributed by atoms with Crippen LogP contribution in [0.1, 0.15) is 18.4 Å². The largest absolute Gasteiger partial charge is 0.429 e. The lowest BCUT2D eigenvalue weighted by atomic mass is 10.1. The van der Waals surface area contributed by atoms with Crippen LogP contribution < -0.4 is 4.43 Å². The van der Waals surface area contributed by atoms with Crippen LogP contribution in [-0.2, 0) is 0 Å². The maximum atomic E-state index is 15.8. The summed E-state index contributed by atoms with van der Waals surface area (Å²) >= 11 is -4.04. The Balaban J connectivity index is 2.26. The van der Waals surface area contributed by atoms with E-state index in [0.29, 0.717) is 0 Å². The molecule has 3 rings (SSSR count). The van der Waals surface area contributed by atoms with Gasteiger partial charge >= 0.3 is 14.1 Å². The second kappa shape index (κ2) is 6.99. The van der Waals surface area contributed by atoms with Gasteiger partial charge in [0.1, 0.15) is 17.5 Å². The van der Waals surface area contributed by atoms with Crippen LogP contribution in [0.2, 0.25) is 0 Å². The SMILES string of the molecule is Cc1c(F)c(F)cc(F)[c]1[Al]([C]1(F)C=CC=C(F)C1)[C]1(F)C=CC=C(F)C1. The minimum atomic E-state index is -4.04. The second-order valence-corrected chi connectivity index (χ2v) is 10.1. The van der Waals surface area contributed by atoms with Crippen LogP contribution in [0.25, 0.3) is 0 Å². The van der Waals surface area contributed by atoms with Crippen molar-refractivity contribution >= 4 is 18.6 Å². The first-order valence-corrected chi connectivity index (χ1v) is 9.90. The monoisotopic (exact) mass is 402 g/mol. The molecule has 0 amide bonds. The standard InChI is InChI=1S/C7H4F3.2C6H5F2.Al/c1-4-2-5(8)3-6(9)7(4)10;2*7-5-2-1-3-6(8)4-5;/h3H,1H3;2*1-3H,4H2;. The van der Waals surface area contributed by atoms with E-state index in [4.69, 9.17) is 0 Å². The van der Waals surface area contributed by atoms with Crippen LogP contribution in [0, 0.1) is 24.4 Å². The molecule has 0 N–H and O–H groups in total. The first kappa shape index (κ1) is 20.0. The number of hydrogen-bond acceptors (Lipinski definition) is 0. The molecule has 0 spiro atoms. The summed E-state index contributed by atoms with van der Waals surface area (Å²) in [5.41, 5.74) is -0.593. The predicted molar refractivity (Wildman–Crippen MR) is 90.0 cm³/mol. The van der Waals surface area contributed by atoms with E-state index in [2.05, 4.69) is 0 Å². The van der Waals surface area contributed by atoms with Gasteiger partial charge in [-0.1, -0.05) is 28.7 Å². The van der Waals surface area contributed by atoms with Gasteiger partial charge in [-0.05, 0) is 24.6 Å². The van der Waals surface area contributed by atoms with E-state index in [-0.39, 0.29) is 6.07 Å². The molecule has 1 aromatic rings. The van der Waals surface area contributed by atoms with Gasteiger partial charge in [0, 0.05) is 18.9 Å². The molecule has 2 aliphatic carbocycles. The lowest BCUT2D eigenvalue weighted by Crippen LogP contribution is -2.64. The summed E-state index contributed by atoms with van der Waals surface area (Å²) in [4.78, 5) is 0. The zero-order valence-electron chi connectivity index (χ0n) is 14.2. The van der Waals surface area contributed by atoms with Gasteiger partial charge in [0.15, 0.2) is 11.6 Å². The van der Waals surface area contributed by atoms with Crippen molar-refractivity contribution in [2.45, 2.75) is 28.8 Å². The summed E-state index contributed by atoms with van der Waals surface area (Å²) in [7, 11) is 0. The highest BCUT2D eigenvalue weighted by Crippen LogP contribution is 2.41. The normalized spacial score (nSPS) is 27.4. The summed E-state index contributed by atoms with van der Waals surface area (Å²) in [5.74, 6) is -6.08. The van der Waals surface area contributed by atoms with E-state index >= 15 is 8.78 Å². The van der Waals surface area contributed by atoms with Gasteiger partial charge in [-0.15, -0.1) is 0 Å². The van der Waals surface area contributed by atoms with Gasteiger partial charge in [-0.3, -0.25) is 8.78 Å². The van der Waals surface area contributed by atoms with E-state index in [0.717, 1.165) is 43.4 Å². The predicted octanol–water partition coefficient (Wildman–Crippen LogP) is 5.24. The highest BCUT2D eigenvalue weighted by atomic mass is 27.2. The van der Waals surface area contributed by atoms with Crippen molar-refractivity contribution < 1.29 is 30.7 Å². The second-order valence-electron chi connectivity index (χ2n) is 6.78. The average molecular weight is 402 g/mol. The Bertz CT molecular complexity index is 860. The lowest BCUT2D eigenvalue weighted by Gasteiger charge is -2.38. The molecular formula is C19H14AlF7. The smallest absolute Gasteiger partial charge is 0.256 e. The van der Waals surface area contributed by atoms with Crippen LogP contribution in [0.15, 0.2) is 54.2 Å². The van der Waals surface area contributed by atoms with Crippen LogP contribution >= 0.6 is 0 Å². The highest BCUT2D eigenvalue weighted by molar-refractivity contribution is 6.80. The third kappa shape index (κ3) is 3.53. The average Bonchev–Trinajstić information content (AvgIpc) is 2.56. The molecule has 0 aliphatic heterocycles. The lowest BCUT2D eigenvalue weighted by molar-refractivity contribution is 0.258. The maximum Gasteiger partial charge on any atom is 0.429 e. The van der Waals surface area contributed by atoms with Gasteiger partial charge in [0.05, 0.1) is 9.06 Å². The van der Waals surface area contributed by atoms with Crippen molar-refractivity contribution in [1.82, 2.24) is 0 Å². The van der Waals surface area contributed by atoms with Crippen molar-refractivity contribution in [2.24, 2.45) is 0 Å². The summed E-state index contributed by atoms with van der Waals surface area (Å²) in [6.07, 6.45) is 3.99. The highest BCUT2D eigenvalue weighted by Gasteiger charge is 2.60. The van der Waals surface area contributed by atoms with Gasteiger partial charge in [-0.25, -0.2) is 22.0 Å². The minimum Gasteiger partial charge on any atom is -0.256 e. The molecule has 0 saturated heterocycles. The number of allylic oxidation sites excluding steroid dienone is 8. The van der Waals surface area contributed by atoms with E-state index < -0.39 is 75.1 Å². The number of benzene rings is 1. The third-order valence-electron chi connectivity index (χ3n) is 4.88. The summed E-state index contributed by atoms with van der Waals surface area (Å²) in [6.45, 7) is 1.00. The molecule has 0 aromatic heterocycles. The van der Waals surface area contributed by atoms with Gasteiger partial charge in [0.2, 0.25) is 0 Å². The maximum absolute atomic E-state index is 15.8. The molecule has 0 fully saturated rings. The van der Waals surface area contributed by atoms with E-state index in [1.165, 1.54) is 0 Å². The summed E-state index contributed by atoms with van der Waals surface area (Å²) in [5, 5.41) is 0. The van der Waals surface area contributed by atoms with E-state index in [1.54, 1.807) is 0 Å². The molecule has 0 heterocycles. The molecule has 8 heteroatoms. The van der Waals surface area contributed by atoms with Crippen molar-refractivity contribution in [3.05, 3.63) is 77.2 Å². The van der Waals surface area contributed by atoms with Crippen LogP contribution in [-0.4, -0.2) is 23.2 Å². The Morgan fingerprint density at radius 3 is 1.74 bits per heavy atom. The molecule has 2 atom stereocenters. The first-order chi connectivity index (χ1) is 12.6. The Hall–Kier alpha value is -1.78. The number of alkyl halides is 2. The Morgan fingerprint density at radius 1 is 0.815 bits per heavy atom. The number of hydrogen-bond donors (Lipinski definition) is 0. The van der Waals surface area contributed by atoms with E-state index in [1.807, 2.05) is 0 Å². The summed E-state index contributed by atoms with van der Waals surface area (Å²) < 4.78 is 95.5. The van der Waals surface area contributed by atoms with Crippen molar-refractivity contribution in [3.63, 3.8) is 0 Å². The number of halogens is 7. The molecule has 0 saturated carbocycles. The molecule has 2 aliphatic rings. The Labute approximate surface area is 155 Å². The Kier molecular flexibility index (Phi) is 5.17. The zero-order valence-corrected chi connectivity index (χ0v) is 15.3. The fourth-order valence-corrected chi connectivity index (χ4v) is 7.82. The molecule has 0 bridgehead atoms. The van der Waals surface area contributed by atoms with E-state index in [9.17, 15) is 22.0 Å². The van der Waals surface area contributed by atoms with Gasteiger partial charge in [0.25, 0.3) is 0 Å². The Morgan fingerprint density at radius 2 is 1.30 bits per heavy atom.